The van der Waals surface area contributed by atoms with Crippen LogP contribution in [0.1, 0.15) is 34.1 Å². The number of hydrogen-bond acceptors (Lipinski definition) is 3. The first-order chi connectivity index (χ1) is 6.39. The molecule has 0 saturated heterocycles. The van der Waals surface area contributed by atoms with Gasteiger partial charge < -0.3 is 15.8 Å². The van der Waals surface area contributed by atoms with Crippen LogP contribution in [-0.2, 0) is 4.74 Å². The summed E-state index contributed by atoms with van der Waals surface area (Å²) in [7, 11) is 1.73. The first-order valence-corrected chi connectivity index (χ1v) is 5.35. The van der Waals surface area contributed by atoms with Crippen LogP contribution in [0.3, 0.4) is 0 Å². The van der Waals surface area contributed by atoms with Crippen LogP contribution in [-0.4, -0.2) is 32.3 Å². The largest absolute Gasteiger partial charge is 0.380 e. The lowest BCUT2D eigenvalue weighted by atomic mass is 9.88. The molecule has 0 aliphatic heterocycles. The number of methoxy groups -OCH3 is 1. The highest BCUT2D eigenvalue weighted by molar-refractivity contribution is 4.76. The second kappa shape index (κ2) is 6.38. The fourth-order valence-electron chi connectivity index (χ4n) is 1.39. The Morgan fingerprint density at radius 2 is 1.93 bits per heavy atom. The molecule has 3 nitrogen and oxygen atoms in total. The van der Waals surface area contributed by atoms with Crippen molar-refractivity contribution in [2.45, 2.75) is 46.3 Å². The van der Waals surface area contributed by atoms with E-state index in [1.165, 1.54) is 0 Å². The summed E-state index contributed by atoms with van der Waals surface area (Å²) in [5.41, 5.74) is 6.03. The van der Waals surface area contributed by atoms with E-state index in [0.29, 0.717) is 18.0 Å². The summed E-state index contributed by atoms with van der Waals surface area (Å²) in [6.45, 7) is 10.3. The highest BCUT2D eigenvalue weighted by Crippen LogP contribution is 2.20. The average molecular weight is 202 g/mol. The van der Waals surface area contributed by atoms with Gasteiger partial charge in [0, 0.05) is 26.2 Å². The molecule has 0 amide bonds. The van der Waals surface area contributed by atoms with Gasteiger partial charge in [0.05, 0.1) is 6.10 Å². The van der Waals surface area contributed by atoms with Crippen LogP contribution >= 0.6 is 0 Å². The first kappa shape index (κ1) is 13.9. The Balaban J connectivity index is 3.80. The molecule has 0 rings (SSSR count). The molecule has 0 aliphatic rings. The fourth-order valence-corrected chi connectivity index (χ4v) is 1.39. The molecule has 2 unspecified atom stereocenters. The quantitative estimate of drug-likeness (QED) is 0.684. The van der Waals surface area contributed by atoms with Crippen molar-refractivity contribution in [3.63, 3.8) is 0 Å². The zero-order valence-corrected chi connectivity index (χ0v) is 10.3. The summed E-state index contributed by atoms with van der Waals surface area (Å²) >= 11 is 0. The molecule has 14 heavy (non-hydrogen) atoms. The van der Waals surface area contributed by atoms with E-state index in [4.69, 9.17) is 10.5 Å². The molecule has 0 aromatic rings. The molecule has 3 N–H and O–H groups in total. The van der Waals surface area contributed by atoms with Crippen LogP contribution in [0, 0.1) is 5.41 Å². The molecule has 0 spiro atoms. The highest BCUT2D eigenvalue weighted by Gasteiger charge is 2.17. The minimum absolute atomic E-state index is 0.254. The minimum Gasteiger partial charge on any atom is -0.380 e. The van der Waals surface area contributed by atoms with Gasteiger partial charge in [-0.1, -0.05) is 20.8 Å². The molecule has 0 radical (unpaired) electrons. The summed E-state index contributed by atoms with van der Waals surface area (Å²) in [6.07, 6.45) is 1.35. The molecule has 3 heteroatoms. The molecular weight excluding hydrogens is 176 g/mol. The van der Waals surface area contributed by atoms with Gasteiger partial charge in [0.1, 0.15) is 0 Å². The Hall–Kier alpha value is -0.120. The molecule has 0 aromatic carbocycles. The van der Waals surface area contributed by atoms with Gasteiger partial charge in [-0.25, -0.2) is 0 Å². The van der Waals surface area contributed by atoms with Crippen LogP contribution in [0.4, 0.5) is 0 Å². The standard InChI is InChI=1S/C11H26N2O/c1-9(14-5)8-13-10(7-12)6-11(2,3)4/h9-10,13H,6-8,12H2,1-5H3. The van der Waals surface area contributed by atoms with Gasteiger partial charge in [-0.2, -0.15) is 0 Å². The maximum atomic E-state index is 5.70. The molecular formula is C11H26N2O. The predicted molar refractivity (Wildman–Crippen MR) is 61.4 cm³/mol. The lowest BCUT2D eigenvalue weighted by Crippen LogP contribution is -2.42. The van der Waals surface area contributed by atoms with Crippen molar-refractivity contribution < 1.29 is 4.74 Å². The van der Waals surface area contributed by atoms with Crippen molar-refractivity contribution in [2.24, 2.45) is 11.1 Å². The monoisotopic (exact) mass is 202 g/mol. The van der Waals surface area contributed by atoms with Gasteiger partial charge in [0.2, 0.25) is 0 Å². The van der Waals surface area contributed by atoms with Crippen LogP contribution in [0.15, 0.2) is 0 Å². The van der Waals surface area contributed by atoms with Gasteiger partial charge in [-0.3, -0.25) is 0 Å². The van der Waals surface area contributed by atoms with Crippen molar-refractivity contribution in [3.05, 3.63) is 0 Å². The van der Waals surface area contributed by atoms with E-state index in [9.17, 15) is 0 Å². The Labute approximate surface area is 88.4 Å². The number of hydrogen-bond donors (Lipinski definition) is 2. The summed E-state index contributed by atoms with van der Waals surface area (Å²) in [5, 5.41) is 3.43. The second-order valence-electron chi connectivity index (χ2n) is 5.15. The smallest absolute Gasteiger partial charge is 0.0667 e. The van der Waals surface area contributed by atoms with E-state index < -0.39 is 0 Å². The summed E-state index contributed by atoms with van der Waals surface area (Å²) in [5.74, 6) is 0. The summed E-state index contributed by atoms with van der Waals surface area (Å²) in [6, 6.07) is 0.396. The Bertz CT molecular complexity index is 143. The van der Waals surface area contributed by atoms with Crippen molar-refractivity contribution in [1.29, 1.82) is 0 Å². The number of ether oxygens (including phenoxy) is 1. The Kier molecular flexibility index (Phi) is 6.33. The normalized spacial score (nSPS) is 16.7. The molecule has 0 bridgehead atoms. The van der Waals surface area contributed by atoms with E-state index in [2.05, 4.69) is 33.0 Å². The lowest BCUT2D eigenvalue weighted by Gasteiger charge is -2.26. The molecule has 0 heterocycles. The van der Waals surface area contributed by atoms with E-state index in [1.54, 1.807) is 7.11 Å². The van der Waals surface area contributed by atoms with Gasteiger partial charge in [-0.05, 0) is 18.8 Å². The second-order valence-corrected chi connectivity index (χ2v) is 5.15. The van der Waals surface area contributed by atoms with Gasteiger partial charge in [0.15, 0.2) is 0 Å². The zero-order chi connectivity index (χ0) is 11.2. The van der Waals surface area contributed by atoms with Crippen LogP contribution < -0.4 is 11.1 Å². The van der Waals surface area contributed by atoms with Crippen molar-refractivity contribution in [3.8, 4) is 0 Å². The number of rotatable bonds is 6. The molecule has 0 saturated carbocycles. The minimum atomic E-state index is 0.254. The van der Waals surface area contributed by atoms with E-state index in [0.717, 1.165) is 13.0 Å². The number of nitrogens with two attached hydrogens (primary N) is 1. The predicted octanol–water partition coefficient (Wildman–Crippen LogP) is 1.37. The third kappa shape index (κ3) is 7.30. The zero-order valence-electron chi connectivity index (χ0n) is 10.3. The SMILES string of the molecule is COC(C)CNC(CN)CC(C)(C)C. The van der Waals surface area contributed by atoms with Gasteiger partial charge in [0.25, 0.3) is 0 Å². The van der Waals surface area contributed by atoms with E-state index >= 15 is 0 Å². The van der Waals surface area contributed by atoms with Crippen molar-refractivity contribution >= 4 is 0 Å². The lowest BCUT2D eigenvalue weighted by molar-refractivity contribution is 0.112. The van der Waals surface area contributed by atoms with Crippen molar-refractivity contribution in [1.82, 2.24) is 5.32 Å². The van der Waals surface area contributed by atoms with Crippen molar-refractivity contribution in [2.75, 3.05) is 20.2 Å². The maximum absolute atomic E-state index is 5.70. The molecule has 2 atom stereocenters. The highest BCUT2D eigenvalue weighted by atomic mass is 16.5. The molecule has 0 fully saturated rings. The van der Waals surface area contributed by atoms with E-state index in [-0.39, 0.29) is 6.10 Å². The van der Waals surface area contributed by atoms with Crippen LogP contribution in [0.2, 0.25) is 0 Å². The average Bonchev–Trinajstić information content (AvgIpc) is 2.09. The molecule has 0 aliphatic carbocycles. The van der Waals surface area contributed by atoms with Gasteiger partial charge in [-0.15, -0.1) is 0 Å². The van der Waals surface area contributed by atoms with Crippen LogP contribution in [0.25, 0.3) is 0 Å². The van der Waals surface area contributed by atoms with E-state index in [1.807, 2.05) is 0 Å². The third-order valence-electron chi connectivity index (χ3n) is 2.24. The topological polar surface area (TPSA) is 47.3 Å². The maximum Gasteiger partial charge on any atom is 0.0667 e. The van der Waals surface area contributed by atoms with Gasteiger partial charge >= 0.3 is 0 Å². The Morgan fingerprint density at radius 1 is 1.36 bits per heavy atom. The summed E-state index contributed by atoms with van der Waals surface area (Å²) < 4.78 is 5.17. The Morgan fingerprint density at radius 3 is 2.29 bits per heavy atom. The summed E-state index contributed by atoms with van der Waals surface area (Å²) in [4.78, 5) is 0. The third-order valence-corrected chi connectivity index (χ3v) is 2.24. The molecule has 86 valence electrons. The van der Waals surface area contributed by atoms with Crippen LogP contribution in [0.5, 0.6) is 0 Å². The number of nitrogens with one attached hydrogen (secondary N) is 1. The fraction of sp³-hybridized carbons (Fsp3) is 1.00. The first-order valence-electron chi connectivity index (χ1n) is 5.35. The molecule has 0 aromatic heterocycles.